The summed E-state index contributed by atoms with van der Waals surface area (Å²) in [6.45, 7) is 5.83. The molecule has 0 unspecified atom stereocenters. The predicted molar refractivity (Wildman–Crippen MR) is 129 cm³/mol. The number of carbonyl (C=O) groups excluding carboxylic acids is 1. The molecule has 8 heteroatoms. The lowest BCUT2D eigenvalue weighted by atomic mass is 10.0. The number of hydrogen-bond donors (Lipinski definition) is 2. The van der Waals surface area contributed by atoms with Crippen LogP contribution in [0.5, 0.6) is 0 Å². The van der Waals surface area contributed by atoms with Crippen molar-refractivity contribution in [2.24, 2.45) is 7.05 Å². The average molecular weight is 447 g/mol. The number of β-amino-alcohol motifs (C(OH)–C–C–N with tert-alkyl or cyclic N) is 1. The highest BCUT2D eigenvalue weighted by Gasteiger charge is 2.16. The van der Waals surface area contributed by atoms with Crippen molar-refractivity contribution in [2.45, 2.75) is 6.54 Å². The van der Waals surface area contributed by atoms with Crippen LogP contribution in [0, 0.1) is 0 Å². The number of anilines is 1. The number of aryl methyl sites for hydroxylation is 1. The number of pyridine rings is 1. The average Bonchev–Trinajstić information content (AvgIpc) is 3.27. The maximum absolute atomic E-state index is 12.5. The van der Waals surface area contributed by atoms with Crippen molar-refractivity contribution in [3.8, 4) is 11.1 Å². The van der Waals surface area contributed by atoms with E-state index in [1.165, 1.54) is 11.6 Å². The van der Waals surface area contributed by atoms with Crippen LogP contribution in [0.3, 0.4) is 0 Å². The molecule has 0 bridgehead atoms. The zero-order valence-electron chi connectivity index (χ0n) is 18.9. The number of aliphatic hydroxyl groups excluding tert-OH is 1. The molecule has 33 heavy (non-hydrogen) atoms. The van der Waals surface area contributed by atoms with Gasteiger partial charge in [0.1, 0.15) is 0 Å². The molecule has 2 N–H and O–H groups in total. The lowest BCUT2D eigenvalue weighted by molar-refractivity contribution is -0.111. The van der Waals surface area contributed by atoms with E-state index in [-0.39, 0.29) is 12.5 Å². The van der Waals surface area contributed by atoms with Gasteiger partial charge in [0.2, 0.25) is 5.91 Å². The molecule has 1 aliphatic heterocycles. The fourth-order valence-electron chi connectivity index (χ4n) is 3.98. The highest BCUT2D eigenvalue weighted by atomic mass is 16.3. The monoisotopic (exact) mass is 446 g/mol. The molecular weight excluding hydrogens is 416 g/mol. The third kappa shape index (κ3) is 6.35. The first-order valence-electron chi connectivity index (χ1n) is 11.2. The minimum atomic E-state index is -0.191. The maximum atomic E-state index is 12.5. The molecule has 4 rings (SSSR count). The van der Waals surface area contributed by atoms with E-state index in [0.29, 0.717) is 0 Å². The Balaban J connectivity index is 1.31. The largest absolute Gasteiger partial charge is 0.395 e. The summed E-state index contributed by atoms with van der Waals surface area (Å²) in [7, 11) is 1.87. The van der Waals surface area contributed by atoms with Crippen LogP contribution in [-0.2, 0) is 18.4 Å². The van der Waals surface area contributed by atoms with Crippen LogP contribution in [0.15, 0.2) is 61.2 Å². The number of aliphatic hydroxyl groups is 1. The Kier molecular flexibility index (Phi) is 7.62. The van der Waals surface area contributed by atoms with Crippen molar-refractivity contribution in [1.82, 2.24) is 24.6 Å². The number of piperazine rings is 1. The number of rotatable bonds is 8. The van der Waals surface area contributed by atoms with Gasteiger partial charge in [-0.2, -0.15) is 5.10 Å². The van der Waals surface area contributed by atoms with Crippen LogP contribution in [0.4, 0.5) is 5.69 Å². The van der Waals surface area contributed by atoms with Gasteiger partial charge >= 0.3 is 0 Å². The van der Waals surface area contributed by atoms with Crippen molar-refractivity contribution in [1.29, 1.82) is 0 Å². The van der Waals surface area contributed by atoms with E-state index in [9.17, 15) is 4.79 Å². The van der Waals surface area contributed by atoms with E-state index >= 15 is 0 Å². The molecular formula is C25H30N6O2. The van der Waals surface area contributed by atoms with Crippen LogP contribution >= 0.6 is 0 Å². The van der Waals surface area contributed by atoms with Crippen molar-refractivity contribution in [3.05, 3.63) is 72.3 Å². The lowest BCUT2D eigenvalue weighted by Gasteiger charge is -2.34. The van der Waals surface area contributed by atoms with Gasteiger partial charge in [-0.15, -0.1) is 0 Å². The van der Waals surface area contributed by atoms with Crippen LogP contribution in [0.1, 0.15) is 11.1 Å². The van der Waals surface area contributed by atoms with Gasteiger partial charge in [-0.05, 0) is 35.4 Å². The van der Waals surface area contributed by atoms with Gasteiger partial charge < -0.3 is 10.4 Å². The predicted octanol–water partition coefficient (Wildman–Crippen LogP) is 2.24. The highest BCUT2D eigenvalue weighted by Crippen LogP contribution is 2.23. The highest BCUT2D eigenvalue weighted by molar-refractivity contribution is 6.02. The van der Waals surface area contributed by atoms with Gasteiger partial charge in [-0.3, -0.25) is 24.3 Å². The molecule has 172 valence electrons. The minimum Gasteiger partial charge on any atom is -0.395 e. The molecule has 8 nitrogen and oxygen atoms in total. The number of carbonyl (C=O) groups is 1. The van der Waals surface area contributed by atoms with Gasteiger partial charge in [-0.1, -0.05) is 12.1 Å². The molecule has 3 heterocycles. The van der Waals surface area contributed by atoms with E-state index in [1.54, 1.807) is 29.3 Å². The number of benzene rings is 1. The second-order valence-corrected chi connectivity index (χ2v) is 8.23. The second kappa shape index (κ2) is 11.0. The Labute approximate surface area is 194 Å². The van der Waals surface area contributed by atoms with Gasteiger partial charge in [0.15, 0.2) is 0 Å². The molecule has 1 aromatic carbocycles. The first kappa shape index (κ1) is 22.8. The summed E-state index contributed by atoms with van der Waals surface area (Å²) in [5, 5.41) is 16.2. The zero-order chi connectivity index (χ0) is 23.0. The molecule has 1 amide bonds. The SMILES string of the molecule is Cn1cc(-c2ccncc2/C=C/C(=O)Nc2ccc(CN3CCN(CCO)CC3)cc2)cn1. The van der Waals surface area contributed by atoms with Gasteiger partial charge in [0.25, 0.3) is 0 Å². The van der Waals surface area contributed by atoms with E-state index in [2.05, 4.69) is 37.3 Å². The summed E-state index contributed by atoms with van der Waals surface area (Å²) >= 11 is 0. The zero-order valence-corrected chi connectivity index (χ0v) is 18.9. The quantitative estimate of drug-likeness (QED) is 0.516. The normalized spacial score (nSPS) is 15.2. The Morgan fingerprint density at radius 3 is 2.55 bits per heavy atom. The fourth-order valence-corrected chi connectivity index (χ4v) is 3.98. The summed E-state index contributed by atoms with van der Waals surface area (Å²) in [6.07, 6.45) is 10.5. The molecule has 1 aliphatic rings. The molecule has 0 spiro atoms. The topological polar surface area (TPSA) is 86.5 Å². The number of nitrogens with one attached hydrogen (secondary N) is 1. The third-order valence-electron chi connectivity index (χ3n) is 5.79. The lowest BCUT2D eigenvalue weighted by Crippen LogP contribution is -2.46. The number of nitrogens with zero attached hydrogens (tertiary/aromatic N) is 5. The summed E-state index contributed by atoms with van der Waals surface area (Å²) in [4.78, 5) is 21.3. The Morgan fingerprint density at radius 1 is 1.09 bits per heavy atom. The number of amides is 1. The molecule has 0 radical (unpaired) electrons. The second-order valence-electron chi connectivity index (χ2n) is 8.23. The molecule has 0 aliphatic carbocycles. The van der Waals surface area contributed by atoms with E-state index in [4.69, 9.17) is 5.11 Å². The molecule has 0 saturated carbocycles. The fraction of sp³-hybridized carbons (Fsp3) is 0.320. The maximum Gasteiger partial charge on any atom is 0.248 e. The molecule has 3 aromatic rings. The molecule has 1 fully saturated rings. The third-order valence-corrected chi connectivity index (χ3v) is 5.79. The van der Waals surface area contributed by atoms with Gasteiger partial charge in [0, 0.05) is 87.8 Å². The molecule has 1 saturated heterocycles. The smallest absolute Gasteiger partial charge is 0.248 e. The van der Waals surface area contributed by atoms with Crippen LogP contribution in [-0.4, -0.2) is 74.9 Å². The van der Waals surface area contributed by atoms with Gasteiger partial charge in [0.05, 0.1) is 12.8 Å². The summed E-state index contributed by atoms with van der Waals surface area (Å²) in [5.41, 5.74) is 4.79. The first-order valence-corrected chi connectivity index (χ1v) is 11.2. The summed E-state index contributed by atoms with van der Waals surface area (Å²) < 4.78 is 1.75. The first-order chi connectivity index (χ1) is 16.1. The Morgan fingerprint density at radius 2 is 1.85 bits per heavy atom. The van der Waals surface area contributed by atoms with E-state index < -0.39 is 0 Å². The Hall–Kier alpha value is -3.33. The standard InChI is InChI=1S/C25H30N6O2/c1-29-19-22(17-27-29)24-8-9-26-16-21(24)4-7-25(33)28-23-5-2-20(3-6-23)18-31-12-10-30(11-13-31)14-15-32/h2-9,16-17,19,32H,10-15,18H2,1H3,(H,28,33)/b7-4+. The minimum absolute atomic E-state index is 0.191. The molecule has 0 atom stereocenters. The van der Waals surface area contributed by atoms with Crippen molar-refractivity contribution in [2.75, 3.05) is 44.6 Å². The number of aromatic nitrogens is 3. The van der Waals surface area contributed by atoms with Crippen molar-refractivity contribution >= 4 is 17.7 Å². The summed E-state index contributed by atoms with van der Waals surface area (Å²) in [6, 6.07) is 9.91. The van der Waals surface area contributed by atoms with Crippen LogP contribution in [0.2, 0.25) is 0 Å². The van der Waals surface area contributed by atoms with E-state index in [1.807, 2.05) is 31.4 Å². The van der Waals surface area contributed by atoms with Crippen LogP contribution in [0.25, 0.3) is 17.2 Å². The van der Waals surface area contributed by atoms with Crippen molar-refractivity contribution in [3.63, 3.8) is 0 Å². The Bertz CT molecular complexity index is 1080. The van der Waals surface area contributed by atoms with Gasteiger partial charge in [-0.25, -0.2) is 0 Å². The van der Waals surface area contributed by atoms with Crippen molar-refractivity contribution < 1.29 is 9.90 Å². The number of hydrogen-bond acceptors (Lipinski definition) is 6. The van der Waals surface area contributed by atoms with E-state index in [0.717, 1.165) is 61.6 Å². The van der Waals surface area contributed by atoms with Crippen LogP contribution < -0.4 is 5.32 Å². The molecule has 2 aromatic heterocycles. The summed E-state index contributed by atoms with van der Waals surface area (Å²) in [5.74, 6) is -0.191.